The molecule has 0 amide bonds. The number of fused-ring (bicyclic) bond motifs is 1. The third kappa shape index (κ3) is 2.64. The van der Waals surface area contributed by atoms with Gasteiger partial charge in [-0.3, -0.25) is 0 Å². The predicted molar refractivity (Wildman–Crippen MR) is 86.3 cm³/mol. The molecule has 0 aliphatic rings. The van der Waals surface area contributed by atoms with Gasteiger partial charge in [-0.05, 0) is 36.4 Å². The summed E-state index contributed by atoms with van der Waals surface area (Å²) in [5, 5.41) is 9.86. The van der Waals surface area contributed by atoms with Crippen molar-refractivity contribution in [3.05, 3.63) is 46.4 Å². The number of nitrogens with zero attached hydrogens (tertiary/aromatic N) is 1. The molecule has 106 valence electrons. The lowest BCUT2D eigenvalue weighted by Crippen LogP contribution is -1.94. The first-order chi connectivity index (χ1) is 10.1. The molecular weight excluding hydrogens is 354 g/mol. The summed E-state index contributed by atoms with van der Waals surface area (Å²) < 4.78 is 7.00. The Kier molecular flexibility index (Phi) is 3.65. The Morgan fingerprint density at radius 3 is 2.81 bits per heavy atom. The van der Waals surface area contributed by atoms with Gasteiger partial charge >= 0.3 is 5.97 Å². The number of hydrogen-bond acceptors (Lipinski definition) is 4. The Labute approximate surface area is 133 Å². The van der Waals surface area contributed by atoms with E-state index in [1.165, 1.54) is 11.3 Å². The molecular formula is C15H10BrNO3S. The molecule has 0 aliphatic heterocycles. The van der Waals surface area contributed by atoms with Crippen LogP contribution in [0.25, 0.3) is 20.8 Å². The van der Waals surface area contributed by atoms with Crippen LogP contribution in [0.1, 0.15) is 10.4 Å². The van der Waals surface area contributed by atoms with E-state index in [0.29, 0.717) is 0 Å². The average molecular weight is 364 g/mol. The van der Waals surface area contributed by atoms with Crippen LogP contribution in [0.3, 0.4) is 0 Å². The van der Waals surface area contributed by atoms with Crippen LogP contribution in [0.5, 0.6) is 5.75 Å². The van der Waals surface area contributed by atoms with Crippen LogP contribution in [0.4, 0.5) is 0 Å². The van der Waals surface area contributed by atoms with E-state index in [1.807, 2.05) is 18.2 Å². The number of methoxy groups -OCH3 is 1. The molecule has 1 N–H and O–H groups in total. The largest absolute Gasteiger partial charge is 0.497 e. The number of carboxylic acid groups (broad SMARTS) is 1. The van der Waals surface area contributed by atoms with Crippen LogP contribution in [0.2, 0.25) is 0 Å². The number of carbonyl (C=O) groups is 1. The zero-order valence-electron chi connectivity index (χ0n) is 11.0. The molecule has 4 nitrogen and oxygen atoms in total. The van der Waals surface area contributed by atoms with E-state index in [9.17, 15) is 4.79 Å². The van der Waals surface area contributed by atoms with Gasteiger partial charge in [0.25, 0.3) is 0 Å². The van der Waals surface area contributed by atoms with Gasteiger partial charge in [0.15, 0.2) is 0 Å². The van der Waals surface area contributed by atoms with E-state index < -0.39 is 5.97 Å². The van der Waals surface area contributed by atoms with E-state index in [1.54, 1.807) is 25.3 Å². The highest BCUT2D eigenvalue weighted by Gasteiger charge is 2.12. The van der Waals surface area contributed by atoms with Crippen LogP contribution >= 0.6 is 27.3 Å². The maximum absolute atomic E-state index is 11.0. The number of benzene rings is 2. The molecule has 21 heavy (non-hydrogen) atoms. The summed E-state index contributed by atoms with van der Waals surface area (Å²) in [6.45, 7) is 0. The first-order valence-corrected chi connectivity index (χ1v) is 7.67. The second kappa shape index (κ2) is 5.46. The third-order valence-electron chi connectivity index (χ3n) is 3.04. The molecule has 0 saturated heterocycles. The van der Waals surface area contributed by atoms with Crippen molar-refractivity contribution in [3.63, 3.8) is 0 Å². The number of carboxylic acids is 1. The normalized spacial score (nSPS) is 10.8. The van der Waals surface area contributed by atoms with Gasteiger partial charge in [-0.25, -0.2) is 9.78 Å². The van der Waals surface area contributed by atoms with Gasteiger partial charge in [0.1, 0.15) is 10.8 Å². The molecule has 0 spiro atoms. The fourth-order valence-electron chi connectivity index (χ4n) is 1.97. The van der Waals surface area contributed by atoms with Crippen LogP contribution in [-0.2, 0) is 0 Å². The molecule has 0 radical (unpaired) electrons. The van der Waals surface area contributed by atoms with Crippen molar-refractivity contribution in [3.8, 4) is 16.3 Å². The van der Waals surface area contributed by atoms with E-state index in [4.69, 9.17) is 9.84 Å². The number of hydrogen-bond donors (Lipinski definition) is 1. The number of thiazole rings is 1. The van der Waals surface area contributed by atoms with Crippen LogP contribution < -0.4 is 4.74 Å². The second-order valence-electron chi connectivity index (χ2n) is 4.35. The SMILES string of the molecule is COc1ccc(Br)c(-c2nc3ccc(C(=O)O)cc3s2)c1. The lowest BCUT2D eigenvalue weighted by atomic mass is 10.2. The molecule has 3 aromatic rings. The first kappa shape index (κ1) is 14.0. The Balaban J connectivity index is 2.15. The van der Waals surface area contributed by atoms with Gasteiger partial charge in [0, 0.05) is 10.0 Å². The smallest absolute Gasteiger partial charge is 0.335 e. The van der Waals surface area contributed by atoms with Gasteiger partial charge in [0.05, 0.1) is 22.9 Å². The first-order valence-electron chi connectivity index (χ1n) is 6.06. The van der Waals surface area contributed by atoms with Crippen molar-refractivity contribution in [1.29, 1.82) is 0 Å². The van der Waals surface area contributed by atoms with Gasteiger partial charge in [-0.2, -0.15) is 0 Å². The molecule has 6 heteroatoms. The summed E-state index contributed by atoms with van der Waals surface area (Å²) in [5.41, 5.74) is 1.98. The topological polar surface area (TPSA) is 59.4 Å². The lowest BCUT2D eigenvalue weighted by Gasteiger charge is -2.04. The third-order valence-corrected chi connectivity index (χ3v) is 4.78. The average Bonchev–Trinajstić information content (AvgIpc) is 2.90. The molecule has 0 unspecified atom stereocenters. The number of ether oxygens (including phenoxy) is 1. The Hall–Kier alpha value is -1.92. The molecule has 1 aromatic heterocycles. The zero-order valence-corrected chi connectivity index (χ0v) is 13.4. The van der Waals surface area contributed by atoms with Crippen LogP contribution in [0, 0.1) is 0 Å². The van der Waals surface area contributed by atoms with Gasteiger partial charge in [0.2, 0.25) is 0 Å². The summed E-state index contributed by atoms with van der Waals surface area (Å²) in [4.78, 5) is 15.6. The van der Waals surface area contributed by atoms with Gasteiger partial charge < -0.3 is 9.84 Å². The Morgan fingerprint density at radius 1 is 1.29 bits per heavy atom. The minimum absolute atomic E-state index is 0.266. The molecule has 0 aliphatic carbocycles. The fourth-order valence-corrected chi connectivity index (χ4v) is 3.57. The molecule has 0 fully saturated rings. The minimum atomic E-state index is -0.936. The maximum Gasteiger partial charge on any atom is 0.335 e. The summed E-state index contributed by atoms with van der Waals surface area (Å²) >= 11 is 4.96. The molecule has 0 saturated carbocycles. The molecule has 1 heterocycles. The van der Waals surface area contributed by atoms with Crippen molar-refractivity contribution in [2.75, 3.05) is 7.11 Å². The number of rotatable bonds is 3. The molecule has 0 bridgehead atoms. The van der Waals surface area contributed by atoms with Crippen LogP contribution in [-0.4, -0.2) is 23.2 Å². The molecule has 3 rings (SSSR count). The van der Waals surface area contributed by atoms with Crippen molar-refractivity contribution in [2.45, 2.75) is 0 Å². The summed E-state index contributed by atoms with van der Waals surface area (Å²) in [6.07, 6.45) is 0. The van der Waals surface area contributed by atoms with E-state index in [0.717, 1.165) is 31.0 Å². The standard InChI is InChI=1S/C15H10BrNO3S/c1-20-9-3-4-11(16)10(7-9)14-17-12-5-2-8(15(18)19)6-13(12)21-14/h2-7H,1H3,(H,18,19). The van der Waals surface area contributed by atoms with Crippen LogP contribution in [0.15, 0.2) is 40.9 Å². The highest BCUT2D eigenvalue weighted by Crippen LogP contribution is 2.36. The molecule has 0 atom stereocenters. The summed E-state index contributed by atoms with van der Waals surface area (Å²) in [5.74, 6) is -0.187. The minimum Gasteiger partial charge on any atom is -0.497 e. The monoisotopic (exact) mass is 363 g/mol. The Morgan fingerprint density at radius 2 is 2.10 bits per heavy atom. The lowest BCUT2D eigenvalue weighted by molar-refractivity contribution is 0.0697. The number of aromatic nitrogens is 1. The summed E-state index contributed by atoms with van der Waals surface area (Å²) in [6, 6.07) is 10.6. The highest BCUT2D eigenvalue weighted by molar-refractivity contribution is 9.10. The maximum atomic E-state index is 11.0. The fraction of sp³-hybridized carbons (Fsp3) is 0.0667. The molecule has 2 aromatic carbocycles. The highest BCUT2D eigenvalue weighted by atomic mass is 79.9. The van der Waals surface area contributed by atoms with Crippen molar-refractivity contribution in [1.82, 2.24) is 4.98 Å². The number of aromatic carboxylic acids is 1. The van der Waals surface area contributed by atoms with Crippen molar-refractivity contribution in [2.24, 2.45) is 0 Å². The Bertz CT molecular complexity index is 844. The second-order valence-corrected chi connectivity index (χ2v) is 6.24. The van der Waals surface area contributed by atoms with Gasteiger partial charge in [-0.1, -0.05) is 15.9 Å². The quantitative estimate of drug-likeness (QED) is 0.747. The summed E-state index contributed by atoms with van der Waals surface area (Å²) in [7, 11) is 1.62. The zero-order chi connectivity index (χ0) is 15.0. The predicted octanol–water partition coefficient (Wildman–Crippen LogP) is 4.43. The number of halogens is 1. The van der Waals surface area contributed by atoms with E-state index in [2.05, 4.69) is 20.9 Å². The van der Waals surface area contributed by atoms with Gasteiger partial charge in [-0.15, -0.1) is 11.3 Å². The van der Waals surface area contributed by atoms with E-state index in [-0.39, 0.29) is 5.56 Å². The van der Waals surface area contributed by atoms with Crippen molar-refractivity contribution < 1.29 is 14.6 Å². The van der Waals surface area contributed by atoms with E-state index >= 15 is 0 Å². The van der Waals surface area contributed by atoms with Crippen molar-refractivity contribution >= 4 is 43.5 Å².